The SMILES string of the molecule is CC(O)C(C)Sc1nc2ccccn2c1CNC1CC1. The second-order valence-corrected chi connectivity index (χ2v) is 6.88. The van der Waals surface area contributed by atoms with Gasteiger partial charge >= 0.3 is 0 Å². The molecule has 0 radical (unpaired) electrons. The lowest BCUT2D eigenvalue weighted by Gasteiger charge is -2.13. The third-order valence-corrected chi connectivity index (χ3v) is 5.02. The fourth-order valence-electron chi connectivity index (χ4n) is 2.08. The maximum absolute atomic E-state index is 9.71. The third kappa shape index (κ3) is 3.00. The first-order valence-corrected chi connectivity index (χ1v) is 8.07. The second-order valence-electron chi connectivity index (χ2n) is 5.51. The molecular formula is C15H21N3OS. The number of imidazole rings is 1. The Balaban J connectivity index is 1.89. The van der Waals surface area contributed by atoms with Crippen molar-refractivity contribution in [3.63, 3.8) is 0 Å². The van der Waals surface area contributed by atoms with Crippen LogP contribution in [0.15, 0.2) is 29.4 Å². The lowest BCUT2D eigenvalue weighted by atomic mass is 10.3. The van der Waals surface area contributed by atoms with Gasteiger partial charge in [0.15, 0.2) is 0 Å². The van der Waals surface area contributed by atoms with E-state index in [2.05, 4.69) is 15.9 Å². The van der Waals surface area contributed by atoms with Gasteiger partial charge in [0.25, 0.3) is 0 Å². The van der Waals surface area contributed by atoms with Crippen LogP contribution < -0.4 is 5.32 Å². The molecule has 1 aliphatic rings. The Hall–Kier alpha value is -1.04. The van der Waals surface area contributed by atoms with E-state index < -0.39 is 0 Å². The number of thioether (sulfide) groups is 1. The van der Waals surface area contributed by atoms with Gasteiger partial charge in [0, 0.05) is 24.0 Å². The number of hydrogen-bond acceptors (Lipinski definition) is 4. The molecular weight excluding hydrogens is 270 g/mol. The summed E-state index contributed by atoms with van der Waals surface area (Å²) in [6, 6.07) is 6.74. The molecule has 0 spiro atoms. The second kappa shape index (κ2) is 5.76. The lowest BCUT2D eigenvalue weighted by Crippen LogP contribution is -2.18. The number of nitrogens with one attached hydrogen (secondary N) is 1. The number of rotatable bonds is 6. The first-order chi connectivity index (χ1) is 9.65. The average Bonchev–Trinajstić information content (AvgIpc) is 3.18. The van der Waals surface area contributed by atoms with E-state index in [4.69, 9.17) is 4.98 Å². The van der Waals surface area contributed by atoms with Crippen molar-refractivity contribution >= 4 is 17.4 Å². The largest absolute Gasteiger partial charge is 0.392 e. The van der Waals surface area contributed by atoms with Crippen LogP contribution in [0.3, 0.4) is 0 Å². The molecule has 0 amide bonds. The summed E-state index contributed by atoms with van der Waals surface area (Å²) < 4.78 is 2.15. The van der Waals surface area contributed by atoms with Gasteiger partial charge in [-0.15, -0.1) is 0 Å². The zero-order chi connectivity index (χ0) is 14.1. The minimum Gasteiger partial charge on any atom is -0.392 e. The van der Waals surface area contributed by atoms with Crippen LogP contribution >= 0.6 is 11.8 Å². The summed E-state index contributed by atoms with van der Waals surface area (Å²) >= 11 is 1.65. The van der Waals surface area contributed by atoms with Crippen LogP contribution in [-0.4, -0.2) is 31.9 Å². The molecule has 0 aromatic carbocycles. The highest BCUT2D eigenvalue weighted by Crippen LogP contribution is 2.29. The predicted octanol–water partition coefficient (Wildman–Crippen LogP) is 2.45. The van der Waals surface area contributed by atoms with E-state index in [9.17, 15) is 5.11 Å². The Morgan fingerprint density at radius 1 is 1.45 bits per heavy atom. The zero-order valence-corrected chi connectivity index (χ0v) is 12.7. The quantitative estimate of drug-likeness (QED) is 0.803. The third-order valence-electron chi connectivity index (χ3n) is 3.70. The van der Waals surface area contributed by atoms with Gasteiger partial charge in [-0.1, -0.05) is 24.8 Å². The summed E-state index contributed by atoms with van der Waals surface area (Å²) in [6.07, 6.45) is 4.28. The number of aliphatic hydroxyl groups excluding tert-OH is 1. The van der Waals surface area contributed by atoms with Crippen LogP contribution in [-0.2, 0) is 6.54 Å². The fraction of sp³-hybridized carbons (Fsp3) is 0.533. The minimum absolute atomic E-state index is 0.139. The molecule has 2 heterocycles. The Labute approximate surface area is 123 Å². The van der Waals surface area contributed by atoms with Crippen LogP contribution in [0.4, 0.5) is 0 Å². The first kappa shape index (κ1) is 13.9. The molecule has 20 heavy (non-hydrogen) atoms. The van der Waals surface area contributed by atoms with E-state index in [1.807, 2.05) is 32.0 Å². The van der Waals surface area contributed by atoms with Crippen molar-refractivity contribution < 1.29 is 5.11 Å². The molecule has 4 nitrogen and oxygen atoms in total. The van der Waals surface area contributed by atoms with Crippen LogP contribution in [0, 0.1) is 0 Å². The number of nitrogens with zero attached hydrogens (tertiary/aromatic N) is 2. The summed E-state index contributed by atoms with van der Waals surface area (Å²) in [7, 11) is 0. The molecule has 1 saturated carbocycles. The monoisotopic (exact) mass is 291 g/mol. The van der Waals surface area contributed by atoms with Gasteiger partial charge in [-0.05, 0) is 31.9 Å². The van der Waals surface area contributed by atoms with E-state index in [0.29, 0.717) is 6.04 Å². The van der Waals surface area contributed by atoms with Gasteiger partial charge in [-0.25, -0.2) is 4.98 Å². The molecule has 0 saturated heterocycles. The van der Waals surface area contributed by atoms with Crippen LogP contribution in [0.1, 0.15) is 32.4 Å². The Bertz CT molecular complexity index is 592. The normalized spacial score (nSPS) is 18.4. The highest BCUT2D eigenvalue weighted by Gasteiger charge is 2.23. The summed E-state index contributed by atoms with van der Waals surface area (Å²) in [6.45, 7) is 4.71. The molecule has 2 aromatic heterocycles. The van der Waals surface area contributed by atoms with Crippen molar-refractivity contribution in [3.05, 3.63) is 30.1 Å². The van der Waals surface area contributed by atoms with E-state index in [0.717, 1.165) is 17.2 Å². The van der Waals surface area contributed by atoms with Gasteiger partial charge in [0.2, 0.25) is 0 Å². The number of fused-ring (bicyclic) bond motifs is 1. The van der Waals surface area contributed by atoms with Crippen molar-refractivity contribution in [1.29, 1.82) is 0 Å². The topological polar surface area (TPSA) is 49.6 Å². The maximum Gasteiger partial charge on any atom is 0.138 e. The molecule has 3 rings (SSSR count). The molecule has 5 heteroatoms. The first-order valence-electron chi connectivity index (χ1n) is 7.19. The Kier molecular flexibility index (Phi) is 4.01. The summed E-state index contributed by atoms with van der Waals surface area (Å²) in [5, 5.41) is 14.4. The van der Waals surface area contributed by atoms with Gasteiger partial charge in [0.1, 0.15) is 10.7 Å². The van der Waals surface area contributed by atoms with Gasteiger partial charge < -0.3 is 14.8 Å². The molecule has 2 unspecified atom stereocenters. The number of aliphatic hydroxyl groups is 1. The maximum atomic E-state index is 9.71. The van der Waals surface area contributed by atoms with Crippen molar-refractivity contribution in [2.75, 3.05) is 0 Å². The van der Waals surface area contributed by atoms with Gasteiger partial charge in [-0.2, -0.15) is 0 Å². The van der Waals surface area contributed by atoms with E-state index >= 15 is 0 Å². The molecule has 1 aliphatic carbocycles. The Morgan fingerprint density at radius 2 is 2.25 bits per heavy atom. The molecule has 1 fully saturated rings. The van der Waals surface area contributed by atoms with Gasteiger partial charge in [-0.3, -0.25) is 0 Å². The van der Waals surface area contributed by atoms with Gasteiger partial charge in [0.05, 0.1) is 11.8 Å². The smallest absolute Gasteiger partial charge is 0.138 e. The number of hydrogen-bond donors (Lipinski definition) is 2. The number of aromatic nitrogens is 2. The molecule has 2 N–H and O–H groups in total. The van der Waals surface area contributed by atoms with Crippen LogP contribution in [0.2, 0.25) is 0 Å². The average molecular weight is 291 g/mol. The highest BCUT2D eigenvalue weighted by atomic mass is 32.2. The summed E-state index contributed by atoms with van der Waals surface area (Å²) in [4.78, 5) is 4.71. The van der Waals surface area contributed by atoms with E-state index in [-0.39, 0.29) is 11.4 Å². The molecule has 0 aliphatic heterocycles. The van der Waals surface area contributed by atoms with E-state index in [1.165, 1.54) is 18.5 Å². The van der Waals surface area contributed by atoms with Crippen molar-refractivity contribution in [2.24, 2.45) is 0 Å². The highest BCUT2D eigenvalue weighted by molar-refractivity contribution is 7.99. The van der Waals surface area contributed by atoms with Crippen molar-refractivity contribution in [3.8, 4) is 0 Å². The Morgan fingerprint density at radius 3 is 2.95 bits per heavy atom. The summed E-state index contributed by atoms with van der Waals surface area (Å²) in [5.41, 5.74) is 2.17. The molecule has 2 aromatic rings. The minimum atomic E-state index is -0.339. The fourth-order valence-corrected chi connectivity index (χ4v) is 3.09. The summed E-state index contributed by atoms with van der Waals surface area (Å²) in [5.74, 6) is 0. The van der Waals surface area contributed by atoms with Crippen LogP contribution in [0.25, 0.3) is 5.65 Å². The van der Waals surface area contributed by atoms with Crippen molar-refractivity contribution in [1.82, 2.24) is 14.7 Å². The molecule has 2 atom stereocenters. The molecule has 0 bridgehead atoms. The zero-order valence-electron chi connectivity index (χ0n) is 11.9. The number of pyridine rings is 1. The van der Waals surface area contributed by atoms with Crippen LogP contribution in [0.5, 0.6) is 0 Å². The van der Waals surface area contributed by atoms with E-state index in [1.54, 1.807) is 11.8 Å². The lowest BCUT2D eigenvalue weighted by molar-refractivity contribution is 0.196. The standard InChI is InChI=1S/C15H21N3OS/c1-10(19)11(2)20-15-13(9-16-12-6-7-12)18-8-4-3-5-14(18)17-15/h3-5,8,10-12,16,19H,6-7,9H2,1-2H3. The van der Waals surface area contributed by atoms with Crippen molar-refractivity contribution in [2.45, 2.75) is 55.7 Å². The predicted molar refractivity (Wildman–Crippen MR) is 82.1 cm³/mol. The molecule has 108 valence electrons.